The molecule has 2 atom stereocenters. The Kier molecular flexibility index (Phi) is 6.04. The molecule has 0 spiro atoms. The van der Waals surface area contributed by atoms with E-state index in [-0.39, 0.29) is 24.0 Å². The number of nitrogens with two attached hydrogens (primary N) is 1. The van der Waals surface area contributed by atoms with Crippen molar-refractivity contribution in [2.75, 3.05) is 29.1 Å². The number of halogens is 1. The van der Waals surface area contributed by atoms with E-state index in [2.05, 4.69) is 15.6 Å². The van der Waals surface area contributed by atoms with Crippen molar-refractivity contribution in [2.45, 2.75) is 18.6 Å². The third-order valence-electron chi connectivity index (χ3n) is 6.01. The first-order chi connectivity index (χ1) is 17.7. The van der Waals surface area contributed by atoms with Crippen LogP contribution in [-0.2, 0) is 14.3 Å². The van der Waals surface area contributed by atoms with E-state index < -0.39 is 23.5 Å². The van der Waals surface area contributed by atoms with E-state index in [1.807, 2.05) is 6.07 Å². The summed E-state index contributed by atoms with van der Waals surface area (Å²) in [5, 5.41) is 31.7. The molecule has 1 aliphatic rings. The van der Waals surface area contributed by atoms with Gasteiger partial charge >= 0.3 is 0 Å². The Morgan fingerprint density at radius 1 is 1.32 bits per heavy atom. The summed E-state index contributed by atoms with van der Waals surface area (Å²) in [5.74, 6) is -0.973. The van der Waals surface area contributed by atoms with Gasteiger partial charge in [-0.2, -0.15) is 5.26 Å². The van der Waals surface area contributed by atoms with Gasteiger partial charge in [0.05, 0.1) is 34.8 Å². The summed E-state index contributed by atoms with van der Waals surface area (Å²) in [6, 6.07) is 13.1. The Labute approximate surface area is 214 Å². The minimum atomic E-state index is -2.21. The molecule has 2 aromatic heterocycles. The molecular formula is C24H20ClN7O5. The number of amides is 2. The highest BCUT2D eigenvalue weighted by atomic mass is 35.5. The second kappa shape index (κ2) is 9.21. The summed E-state index contributed by atoms with van der Waals surface area (Å²) in [4.78, 5) is 27.6. The predicted molar refractivity (Wildman–Crippen MR) is 133 cm³/mol. The topological polar surface area (TPSA) is 173 Å². The molecule has 4 N–H and O–H groups in total. The quantitative estimate of drug-likeness (QED) is 0.356. The standard InChI is InChI=1S/C24H20ClN7O5/c1-24(35,23(34)28-14-3-5-16-18(10-14)37-30-21(16)27)20-22(33)31(8-9-36-20)19-6-7-32(29-19)15-4-2-13(12-26)17(25)11-15/h2-7,10-11,20,35H,8-9H2,1H3,(H2,27,30)(H,28,34)/t20-,24+/m0/s1. The fourth-order valence-corrected chi connectivity index (χ4v) is 4.18. The number of rotatable bonds is 5. The van der Waals surface area contributed by atoms with Gasteiger partial charge in [-0.25, -0.2) is 4.68 Å². The van der Waals surface area contributed by atoms with Crippen LogP contribution in [0.4, 0.5) is 17.3 Å². The van der Waals surface area contributed by atoms with E-state index in [1.54, 1.807) is 42.6 Å². The molecule has 3 heterocycles. The zero-order chi connectivity index (χ0) is 26.3. The molecule has 0 unspecified atom stereocenters. The van der Waals surface area contributed by atoms with Crippen LogP contribution in [0.1, 0.15) is 12.5 Å². The fraction of sp³-hybridized carbons (Fsp3) is 0.208. The number of carbonyl (C=O) groups is 2. The van der Waals surface area contributed by atoms with E-state index in [9.17, 15) is 14.7 Å². The number of nitrogens with one attached hydrogen (secondary N) is 1. The number of hydrogen-bond donors (Lipinski definition) is 3. The van der Waals surface area contributed by atoms with Crippen LogP contribution in [0.5, 0.6) is 0 Å². The van der Waals surface area contributed by atoms with Gasteiger partial charge in [-0.15, -0.1) is 5.10 Å². The van der Waals surface area contributed by atoms with Gasteiger partial charge in [-0.05, 0) is 37.3 Å². The number of morpholine rings is 1. The number of nitrogen functional groups attached to an aromatic ring is 1. The number of ether oxygens (including phenoxy) is 1. The molecule has 13 heteroatoms. The fourth-order valence-electron chi connectivity index (χ4n) is 3.97. The average Bonchev–Trinajstić information content (AvgIpc) is 3.51. The molecule has 0 aliphatic carbocycles. The Hall–Kier alpha value is -4.44. The number of benzene rings is 2. The summed E-state index contributed by atoms with van der Waals surface area (Å²) < 4.78 is 12.1. The monoisotopic (exact) mass is 521 g/mol. The van der Waals surface area contributed by atoms with Gasteiger partial charge in [0.25, 0.3) is 11.8 Å². The molecule has 37 heavy (non-hydrogen) atoms. The van der Waals surface area contributed by atoms with Crippen LogP contribution >= 0.6 is 11.6 Å². The first-order valence-electron chi connectivity index (χ1n) is 11.1. The highest BCUT2D eigenvalue weighted by Crippen LogP contribution is 2.28. The largest absolute Gasteiger partial charge is 0.380 e. The normalized spacial score (nSPS) is 17.4. The lowest BCUT2D eigenvalue weighted by molar-refractivity contribution is -0.165. The summed E-state index contributed by atoms with van der Waals surface area (Å²) in [6.07, 6.45) is 0.141. The molecular weight excluding hydrogens is 502 g/mol. The number of aliphatic hydroxyl groups is 1. The SMILES string of the molecule is C[C@](O)(C(=O)Nc1ccc2c(N)noc2c1)[C@H]1OCCN(c2ccn(-c3ccc(C#N)c(Cl)c3)n2)C1=O. The maximum atomic E-state index is 13.3. The van der Waals surface area contributed by atoms with Crippen molar-refractivity contribution in [2.24, 2.45) is 0 Å². The van der Waals surface area contributed by atoms with Crippen molar-refractivity contribution in [3.8, 4) is 11.8 Å². The molecule has 2 aromatic carbocycles. The molecule has 12 nitrogen and oxygen atoms in total. The lowest BCUT2D eigenvalue weighted by atomic mass is 9.95. The van der Waals surface area contributed by atoms with Gasteiger partial charge in [0.2, 0.25) is 0 Å². The van der Waals surface area contributed by atoms with Gasteiger partial charge in [-0.3, -0.25) is 14.5 Å². The zero-order valence-corrected chi connectivity index (χ0v) is 20.1. The summed E-state index contributed by atoms with van der Waals surface area (Å²) in [6.45, 7) is 1.44. The van der Waals surface area contributed by atoms with Crippen molar-refractivity contribution in [3.63, 3.8) is 0 Å². The maximum Gasteiger partial charge on any atom is 0.260 e. The summed E-state index contributed by atoms with van der Waals surface area (Å²) >= 11 is 6.12. The van der Waals surface area contributed by atoms with Gasteiger partial charge in [0.1, 0.15) is 6.07 Å². The Bertz CT molecular complexity index is 1570. The van der Waals surface area contributed by atoms with Crippen molar-refractivity contribution >= 4 is 51.7 Å². The molecule has 1 aliphatic heterocycles. The molecule has 5 rings (SSSR count). The van der Waals surface area contributed by atoms with Crippen molar-refractivity contribution in [1.82, 2.24) is 14.9 Å². The van der Waals surface area contributed by atoms with E-state index >= 15 is 0 Å². The Morgan fingerprint density at radius 3 is 2.89 bits per heavy atom. The molecule has 1 saturated heterocycles. The molecule has 0 bridgehead atoms. The van der Waals surface area contributed by atoms with E-state index in [1.165, 1.54) is 22.6 Å². The second-order valence-electron chi connectivity index (χ2n) is 8.52. The minimum absolute atomic E-state index is 0.0681. The van der Waals surface area contributed by atoms with Crippen LogP contribution in [0.25, 0.3) is 16.7 Å². The number of hydrogen-bond acceptors (Lipinski definition) is 9. The lowest BCUT2D eigenvalue weighted by Crippen LogP contribution is -2.61. The number of nitrogens with zero attached hydrogens (tertiary/aromatic N) is 5. The second-order valence-corrected chi connectivity index (χ2v) is 8.92. The zero-order valence-electron chi connectivity index (χ0n) is 19.4. The molecule has 188 valence electrons. The van der Waals surface area contributed by atoms with E-state index in [0.29, 0.717) is 33.7 Å². The smallest absolute Gasteiger partial charge is 0.260 e. The first kappa shape index (κ1) is 24.3. The molecule has 0 saturated carbocycles. The van der Waals surface area contributed by atoms with Crippen LogP contribution in [-0.4, -0.2) is 56.7 Å². The minimum Gasteiger partial charge on any atom is -0.380 e. The highest BCUT2D eigenvalue weighted by Gasteiger charge is 2.49. The third kappa shape index (κ3) is 4.36. The highest BCUT2D eigenvalue weighted by molar-refractivity contribution is 6.31. The van der Waals surface area contributed by atoms with Crippen LogP contribution < -0.4 is 16.0 Å². The van der Waals surface area contributed by atoms with Crippen LogP contribution in [0.2, 0.25) is 5.02 Å². The molecule has 1 fully saturated rings. The van der Waals surface area contributed by atoms with Crippen molar-refractivity contribution in [3.05, 3.63) is 59.2 Å². The predicted octanol–water partition coefficient (Wildman–Crippen LogP) is 2.24. The Morgan fingerprint density at radius 2 is 2.14 bits per heavy atom. The number of nitriles is 1. The molecule has 0 radical (unpaired) electrons. The summed E-state index contributed by atoms with van der Waals surface area (Å²) in [7, 11) is 0. The molecule has 2 amide bonds. The van der Waals surface area contributed by atoms with Crippen LogP contribution in [0, 0.1) is 11.3 Å². The number of carbonyl (C=O) groups excluding carboxylic acids is 2. The maximum absolute atomic E-state index is 13.3. The third-order valence-corrected chi connectivity index (χ3v) is 6.32. The van der Waals surface area contributed by atoms with Gasteiger partial charge in [0, 0.05) is 24.0 Å². The van der Waals surface area contributed by atoms with Gasteiger partial charge < -0.3 is 25.4 Å². The van der Waals surface area contributed by atoms with E-state index in [4.69, 9.17) is 31.9 Å². The van der Waals surface area contributed by atoms with Crippen LogP contribution in [0.15, 0.2) is 53.2 Å². The number of aromatic nitrogens is 3. The summed E-state index contributed by atoms with van der Waals surface area (Å²) in [5.41, 5.74) is 5.08. The van der Waals surface area contributed by atoms with Crippen molar-refractivity contribution in [1.29, 1.82) is 5.26 Å². The van der Waals surface area contributed by atoms with Gasteiger partial charge in [0.15, 0.2) is 28.9 Å². The van der Waals surface area contributed by atoms with E-state index in [0.717, 1.165) is 0 Å². The lowest BCUT2D eigenvalue weighted by Gasteiger charge is -2.37. The Balaban J connectivity index is 1.34. The van der Waals surface area contributed by atoms with Crippen molar-refractivity contribution < 1.29 is 24.0 Å². The average molecular weight is 522 g/mol. The number of anilines is 3. The number of fused-ring (bicyclic) bond motifs is 1. The van der Waals surface area contributed by atoms with Gasteiger partial charge in [-0.1, -0.05) is 16.8 Å². The first-order valence-corrected chi connectivity index (χ1v) is 11.4. The van der Waals surface area contributed by atoms with Crippen LogP contribution in [0.3, 0.4) is 0 Å². The molecule has 4 aromatic rings.